The van der Waals surface area contributed by atoms with E-state index >= 15 is 0 Å². The molecule has 1 unspecified atom stereocenters. The molecule has 0 aliphatic carbocycles. The van der Waals surface area contributed by atoms with E-state index in [4.69, 9.17) is 9.84 Å². The molecule has 0 aromatic heterocycles. The molecule has 0 aromatic rings. The highest BCUT2D eigenvalue weighted by Crippen LogP contribution is 1.88. The molecule has 0 aliphatic heterocycles. The molecular weight excluding hydrogens is 162 g/mol. The van der Waals surface area contributed by atoms with Gasteiger partial charge >= 0.3 is 6.09 Å². The minimum atomic E-state index is -1.21. The number of rotatable bonds is 5. The van der Waals surface area contributed by atoms with Crippen LogP contribution >= 0.6 is 0 Å². The van der Waals surface area contributed by atoms with Gasteiger partial charge in [0.15, 0.2) is 5.78 Å². The number of carbonyl (C=O) groups excluding carboxylic acids is 1. The van der Waals surface area contributed by atoms with Crippen LogP contribution in [-0.4, -0.2) is 36.2 Å². The van der Waals surface area contributed by atoms with E-state index in [1.54, 1.807) is 6.92 Å². The van der Waals surface area contributed by atoms with E-state index in [0.717, 1.165) is 0 Å². The fourth-order valence-electron chi connectivity index (χ4n) is 0.645. The monoisotopic (exact) mass is 175 g/mol. The highest BCUT2D eigenvalue weighted by atomic mass is 16.5. The molecule has 0 bridgehead atoms. The third-order valence-corrected chi connectivity index (χ3v) is 1.28. The molecule has 0 aromatic carbocycles. The van der Waals surface area contributed by atoms with Crippen LogP contribution in [0.5, 0.6) is 0 Å². The summed E-state index contributed by atoms with van der Waals surface area (Å²) in [7, 11) is 0. The Labute approximate surface area is 70.7 Å². The van der Waals surface area contributed by atoms with Gasteiger partial charge in [-0.05, 0) is 13.8 Å². The first-order chi connectivity index (χ1) is 5.57. The Hall–Kier alpha value is -1.10. The van der Waals surface area contributed by atoms with Crippen LogP contribution < -0.4 is 5.32 Å². The van der Waals surface area contributed by atoms with Crippen molar-refractivity contribution in [1.29, 1.82) is 0 Å². The summed E-state index contributed by atoms with van der Waals surface area (Å²) >= 11 is 0. The number of amides is 1. The second-order valence-electron chi connectivity index (χ2n) is 2.27. The van der Waals surface area contributed by atoms with Crippen molar-refractivity contribution in [3.8, 4) is 0 Å². The Kier molecular flexibility index (Phi) is 5.03. The Morgan fingerprint density at radius 2 is 2.17 bits per heavy atom. The largest absolute Gasteiger partial charge is 0.465 e. The summed E-state index contributed by atoms with van der Waals surface area (Å²) in [6, 6.07) is -0.748. The van der Waals surface area contributed by atoms with Crippen molar-refractivity contribution in [2.75, 3.05) is 13.2 Å². The summed E-state index contributed by atoms with van der Waals surface area (Å²) in [5.74, 6) is -0.245. The van der Waals surface area contributed by atoms with Crippen LogP contribution in [0, 0.1) is 0 Å². The Balaban J connectivity index is 3.87. The molecular formula is C7H13NO4. The lowest BCUT2D eigenvalue weighted by Gasteiger charge is -2.12. The van der Waals surface area contributed by atoms with E-state index in [-0.39, 0.29) is 12.4 Å². The van der Waals surface area contributed by atoms with Gasteiger partial charge in [-0.2, -0.15) is 0 Å². The van der Waals surface area contributed by atoms with Crippen molar-refractivity contribution in [3.63, 3.8) is 0 Å². The van der Waals surface area contributed by atoms with Crippen molar-refractivity contribution in [1.82, 2.24) is 5.32 Å². The van der Waals surface area contributed by atoms with Crippen molar-refractivity contribution in [3.05, 3.63) is 0 Å². The first-order valence-corrected chi connectivity index (χ1v) is 3.65. The van der Waals surface area contributed by atoms with Gasteiger partial charge in [0.1, 0.15) is 6.04 Å². The predicted octanol–water partition coefficient (Wildman–Crippen LogP) is 0.248. The number of hydrogen-bond acceptors (Lipinski definition) is 3. The molecule has 0 heterocycles. The molecule has 1 amide bonds. The lowest BCUT2D eigenvalue weighted by molar-refractivity contribution is -0.120. The van der Waals surface area contributed by atoms with Crippen LogP contribution in [0.15, 0.2) is 0 Å². The summed E-state index contributed by atoms with van der Waals surface area (Å²) in [6.45, 7) is 3.65. The van der Waals surface area contributed by atoms with E-state index in [1.807, 2.05) is 0 Å². The Bertz CT molecular complexity index is 169. The topological polar surface area (TPSA) is 75.6 Å². The molecule has 0 saturated heterocycles. The maximum atomic E-state index is 10.8. The van der Waals surface area contributed by atoms with Crippen LogP contribution in [0.3, 0.4) is 0 Å². The highest BCUT2D eigenvalue weighted by Gasteiger charge is 2.15. The van der Waals surface area contributed by atoms with Gasteiger partial charge in [0, 0.05) is 6.61 Å². The fourth-order valence-corrected chi connectivity index (χ4v) is 0.645. The summed E-state index contributed by atoms with van der Waals surface area (Å²) in [5.41, 5.74) is 0. The van der Waals surface area contributed by atoms with Gasteiger partial charge in [-0.1, -0.05) is 0 Å². The number of Topliss-reactive ketones (excluding diaryl/α,β-unsaturated/α-hetero) is 1. The minimum Gasteiger partial charge on any atom is -0.465 e. The molecule has 5 heteroatoms. The van der Waals surface area contributed by atoms with Gasteiger partial charge in [0.05, 0.1) is 6.61 Å². The number of ketones is 1. The maximum Gasteiger partial charge on any atom is 0.405 e. The molecule has 0 spiro atoms. The van der Waals surface area contributed by atoms with Gasteiger partial charge in [-0.25, -0.2) is 4.79 Å². The lowest BCUT2D eigenvalue weighted by Crippen LogP contribution is -2.42. The van der Waals surface area contributed by atoms with Crippen molar-refractivity contribution < 1.29 is 19.4 Å². The number of carboxylic acid groups (broad SMARTS) is 1. The summed E-state index contributed by atoms with van der Waals surface area (Å²) in [6.07, 6.45) is -1.21. The zero-order valence-electron chi connectivity index (χ0n) is 7.16. The molecule has 0 rings (SSSR count). The van der Waals surface area contributed by atoms with Crippen molar-refractivity contribution >= 4 is 11.9 Å². The van der Waals surface area contributed by atoms with E-state index < -0.39 is 12.1 Å². The van der Waals surface area contributed by atoms with E-state index in [9.17, 15) is 9.59 Å². The predicted molar refractivity (Wildman–Crippen MR) is 42.1 cm³/mol. The third kappa shape index (κ3) is 4.68. The molecule has 0 aliphatic rings. The van der Waals surface area contributed by atoms with Gasteiger partial charge in [-0.3, -0.25) is 4.79 Å². The van der Waals surface area contributed by atoms with Gasteiger partial charge in [0.25, 0.3) is 0 Å². The Morgan fingerprint density at radius 3 is 2.50 bits per heavy atom. The smallest absolute Gasteiger partial charge is 0.405 e. The van der Waals surface area contributed by atoms with Crippen molar-refractivity contribution in [2.45, 2.75) is 19.9 Å². The van der Waals surface area contributed by atoms with Crippen LogP contribution in [0.25, 0.3) is 0 Å². The average molecular weight is 175 g/mol. The molecule has 0 saturated carbocycles. The van der Waals surface area contributed by atoms with E-state index in [0.29, 0.717) is 6.61 Å². The first kappa shape index (κ1) is 10.9. The Morgan fingerprint density at radius 1 is 1.58 bits per heavy atom. The van der Waals surface area contributed by atoms with Crippen molar-refractivity contribution in [2.24, 2.45) is 0 Å². The molecule has 2 N–H and O–H groups in total. The van der Waals surface area contributed by atoms with Crippen LogP contribution in [0.4, 0.5) is 4.79 Å². The quantitative estimate of drug-likeness (QED) is 0.628. The van der Waals surface area contributed by atoms with Crippen LogP contribution in [0.2, 0.25) is 0 Å². The zero-order valence-corrected chi connectivity index (χ0v) is 7.16. The third-order valence-electron chi connectivity index (χ3n) is 1.28. The zero-order chi connectivity index (χ0) is 9.56. The molecule has 70 valence electrons. The molecule has 12 heavy (non-hydrogen) atoms. The molecule has 1 atom stereocenters. The second-order valence-corrected chi connectivity index (χ2v) is 2.27. The first-order valence-electron chi connectivity index (χ1n) is 3.65. The molecule has 0 radical (unpaired) electrons. The summed E-state index contributed by atoms with van der Waals surface area (Å²) in [4.78, 5) is 20.9. The number of hydrogen-bond donors (Lipinski definition) is 2. The summed E-state index contributed by atoms with van der Waals surface area (Å²) < 4.78 is 4.91. The minimum absolute atomic E-state index is 0.0954. The number of ether oxygens (including phenoxy) is 1. The standard InChI is InChI=1S/C7H13NO4/c1-3-12-4-6(5(2)9)8-7(10)11/h6,8H,3-4H2,1-2H3,(H,10,11). The highest BCUT2D eigenvalue weighted by molar-refractivity contribution is 5.85. The summed E-state index contributed by atoms with van der Waals surface area (Å²) in [5, 5.41) is 10.4. The SMILES string of the molecule is CCOCC(NC(=O)O)C(C)=O. The molecule has 0 fully saturated rings. The second kappa shape index (κ2) is 5.54. The average Bonchev–Trinajstić information content (AvgIpc) is 1.96. The lowest BCUT2D eigenvalue weighted by atomic mass is 10.2. The van der Waals surface area contributed by atoms with Gasteiger partial charge in [0.2, 0.25) is 0 Å². The van der Waals surface area contributed by atoms with Gasteiger partial charge in [-0.15, -0.1) is 0 Å². The van der Waals surface area contributed by atoms with Crippen LogP contribution in [-0.2, 0) is 9.53 Å². The number of carbonyl (C=O) groups is 2. The molecule has 5 nitrogen and oxygen atoms in total. The van der Waals surface area contributed by atoms with E-state index in [2.05, 4.69) is 5.32 Å². The van der Waals surface area contributed by atoms with E-state index in [1.165, 1.54) is 6.92 Å². The maximum absolute atomic E-state index is 10.8. The van der Waals surface area contributed by atoms with Gasteiger partial charge < -0.3 is 15.2 Å². The number of nitrogens with one attached hydrogen (secondary N) is 1. The normalized spacial score (nSPS) is 12.2. The fraction of sp³-hybridized carbons (Fsp3) is 0.714. The van der Waals surface area contributed by atoms with Crippen LogP contribution in [0.1, 0.15) is 13.8 Å².